The number of hydrogen-bond donors (Lipinski definition) is 3. The second-order valence-corrected chi connectivity index (χ2v) is 7.69. The number of hydrogen-bond acceptors (Lipinski definition) is 6. The summed E-state index contributed by atoms with van der Waals surface area (Å²) in [4.78, 5) is 16.6. The molecule has 0 aliphatic rings. The fourth-order valence-electron chi connectivity index (χ4n) is 2.10. The van der Waals surface area contributed by atoms with Gasteiger partial charge in [0.1, 0.15) is 6.07 Å². The van der Waals surface area contributed by atoms with Crippen molar-refractivity contribution in [1.82, 2.24) is 8.51 Å². The molecular weight excluding hydrogens is 425 g/mol. The maximum atomic E-state index is 12.5. The van der Waals surface area contributed by atoms with Crippen molar-refractivity contribution in [3.63, 3.8) is 0 Å². The molecule has 6 nitrogen and oxygen atoms in total. The van der Waals surface area contributed by atoms with Crippen LogP contribution in [-0.4, -0.2) is 23.5 Å². The Morgan fingerprint density at radius 1 is 1.57 bits per heavy atom. The van der Waals surface area contributed by atoms with Gasteiger partial charge in [0.2, 0.25) is 5.91 Å². The Bertz CT molecular complexity index is 752. The Balaban J connectivity index is 2.13. The normalized spacial score (nSPS) is 12.8. The predicted octanol–water partition coefficient (Wildman–Crippen LogP) is 2.79. The average Bonchev–Trinajstić information content (AvgIpc) is 2.94. The van der Waals surface area contributed by atoms with Crippen LogP contribution >= 0.6 is 34.2 Å². The van der Waals surface area contributed by atoms with E-state index in [9.17, 15) is 4.79 Å². The van der Waals surface area contributed by atoms with E-state index in [1.54, 1.807) is 12.1 Å². The number of nitrogens with zero attached hydrogens (tertiary/aromatic N) is 2. The lowest BCUT2D eigenvalue weighted by atomic mass is 9.86. The van der Waals surface area contributed by atoms with Gasteiger partial charge in [0.15, 0.2) is 5.01 Å². The van der Waals surface area contributed by atoms with Gasteiger partial charge in [-0.15, -0.1) is 11.3 Å². The van der Waals surface area contributed by atoms with Gasteiger partial charge < -0.3 is 11.1 Å². The summed E-state index contributed by atoms with van der Waals surface area (Å²) in [5.74, 6) is -0.106. The highest BCUT2D eigenvalue weighted by Crippen LogP contribution is 2.26. The number of fused-ring (bicyclic) bond motifs is 1. The van der Waals surface area contributed by atoms with Gasteiger partial charge in [-0.1, -0.05) is 13.8 Å². The summed E-state index contributed by atoms with van der Waals surface area (Å²) >= 11 is 3.30. The van der Waals surface area contributed by atoms with Crippen molar-refractivity contribution >= 4 is 56.0 Å². The van der Waals surface area contributed by atoms with Crippen LogP contribution in [0.25, 0.3) is 10.2 Å². The molecule has 0 spiro atoms. The average molecular weight is 443 g/mol. The number of nitrogens with two attached hydrogens (primary N) is 1. The van der Waals surface area contributed by atoms with Crippen LogP contribution in [0.1, 0.15) is 25.3 Å². The molecule has 0 fully saturated rings. The predicted molar refractivity (Wildman–Crippen MR) is 101 cm³/mol. The molecule has 23 heavy (non-hydrogen) atoms. The molecule has 0 saturated carbocycles. The molecule has 1 amide bonds. The summed E-state index contributed by atoms with van der Waals surface area (Å²) in [6.45, 7) is 4.58. The first kappa shape index (κ1) is 18.1. The van der Waals surface area contributed by atoms with E-state index in [1.165, 1.54) is 11.3 Å². The largest absolute Gasteiger partial charge is 0.330 e. The van der Waals surface area contributed by atoms with E-state index in [0.717, 1.165) is 10.2 Å². The van der Waals surface area contributed by atoms with E-state index >= 15 is 0 Å². The number of thiazole rings is 1. The molecule has 1 unspecified atom stereocenters. The minimum absolute atomic E-state index is 0.106. The van der Waals surface area contributed by atoms with Crippen molar-refractivity contribution < 1.29 is 4.79 Å². The van der Waals surface area contributed by atoms with Gasteiger partial charge in [-0.05, 0) is 36.6 Å². The summed E-state index contributed by atoms with van der Waals surface area (Å²) in [5, 5.41) is 12.2. The van der Waals surface area contributed by atoms with E-state index in [1.807, 2.05) is 48.8 Å². The van der Waals surface area contributed by atoms with E-state index in [0.29, 0.717) is 23.7 Å². The zero-order valence-corrected chi connectivity index (χ0v) is 15.9. The van der Waals surface area contributed by atoms with Crippen molar-refractivity contribution in [3.8, 4) is 6.07 Å². The second-order valence-electron chi connectivity index (χ2n) is 6.04. The van der Waals surface area contributed by atoms with Crippen LogP contribution in [0.5, 0.6) is 0 Å². The van der Waals surface area contributed by atoms with Crippen molar-refractivity contribution in [2.24, 2.45) is 11.1 Å². The lowest BCUT2D eigenvalue weighted by Gasteiger charge is -2.27. The van der Waals surface area contributed by atoms with Crippen molar-refractivity contribution in [3.05, 3.63) is 23.2 Å². The number of carbonyl (C=O) groups is 1. The van der Waals surface area contributed by atoms with Crippen LogP contribution in [0.3, 0.4) is 0 Å². The highest BCUT2D eigenvalue weighted by atomic mass is 127. The minimum Gasteiger partial charge on any atom is -0.330 e. The highest BCUT2D eigenvalue weighted by molar-refractivity contribution is 14.1. The van der Waals surface area contributed by atoms with Gasteiger partial charge in [-0.3, -0.25) is 4.79 Å². The molecule has 0 bridgehead atoms. The minimum atomic E-state index is -0.332. The molecule has 0 aliphatic carbocycles. The monoisotopic (exact) mass is 443 g/mol. The standard InChI is InChI=1S/C15H18IN5OS/c1-15(2,8-18)6-11(21-16)14(22)19-9-3-4-10-12(5-9)23-13(7-17)20-10/h3-5,11,21H,6,8,18H2,1-2H3,(H,19,22). The number of anilines is 1. The Hall–Kier alpha value is -1.28. The summed E-state index contributed by atoms with van der Waals surface area (Å²) in [7, 11) is 0. The molecule has 1 aromatic heterocycles. The van der Waals surface area contributed by atoms with E-state index in [2.05, 4.69) is 13.8 Å². The first-order valence-corrected chi connectivity index (χ1v) is 8.96. The molecule has 122 valence electrons. The van der Waals surface area contributed by atoms with Gasteiger partial charge in [0.05, 0.1) is 16.3 Å². The molecule has 2 aromatic rings. The van der Waals surface area contributed by atoms with Gasteiger partial charge in [-0.2, -0.15) is 5.26 Å². The number of nitrogens with one attached hydrogen (secondary N) is 2. The maximum absolute atomic E-state index is 12.5. The van der Waals surface area contributed by atoms with Gasteiger partial charge in [0.25, 0.3) is 0 Å². The van der Waals surface area contributed by atoms with Crippen LogP contribution in [0.4, 0.5) is 5.69 Å². The van der Waals surface area contributed by atoms with Crippen LogP contribution in [0.15, 0.2) is 18.2 Å². The van der Waals surface area contributed by atoms with Gasteiger partial charge >= 0.3 is 0 Å². The third kappa shape index (κ3) is 4.60. The summed E-state index contributed by atoms with van der Waals surface area (Å²) < 4.78 is 3.89. The molecule has 0 aliphatic heterocycles. The molecule has 4 N–H and O–H groups in total. The number of rotatable bonds is 6. The third-order valence-corrected chi connectivity index (χ3v) is 5.18. The smallest absolute Gasteiger partial charge is 0.242 e. The van der Waals surface area contributed by atoms with E-state index in [-0.39, 0.29) is 17.4 Å². The zero-order chi connectivity index (χ0) is 17.0. The topological polar surface area (TPSA) is 104 Å². The van der Waals surface area contributed by atoms with Crippen LogP contribution in [0.2, 0.25) is 0 Å². The quantitative estimate of drug-likeness (QED) is 0.471. The van der Waals surface area contributed by atoms with Gasteiger partial charge in [0, 0.05) is 28.6 Å². The molecule has 1 aromatic carbocycles. The number of amides is 1. The third-order valence-electron chi connectivity index (χ3n) is 3.51. The number of halogens is 1. The number of benzene rings is 1. The molecule has 0 saturated heterocycles. The zero-order valence-electron chi connectivity index (χ0n) is 12.9. The van der Waals surface area contributed by atoms with Crippen LogP contribution in [0, 0.1) is 16.7 Å². The summed E-state index contributed by atoms with van der Waals surface area (Å²) in [5.41, 5.74) is 7.08. The van der Waals surface area contributed by atoms with Crippen molar-refractivity contribution in [2.75, 3.05) is 11.9 Å². The fourth-order valence-corrected chi connectivity index (χ4v) is 3.40. The van der Waals surface area contributed by atoms with Crippen molar-refractivity contribution in [2.45, 2.75) is 26.3 Å². The SMILES string of the molecule is CC(C)(CN)CC(NI)C(=O)Nc1ccc2nc(C#N)sc2c1. The first-order valence-electron chi connectivity index (χ1n) is 7.06. The summed E-state index contributed by atoms with van der Waals surface area (Å²) in [6.07, 6.45) is 0.639. The number of nitriles is 1. The second kappa shape index (κ2) is 7.53. The van der Waals surface area contributed by atoms with E-state index < -0.39 is 0 Å². The molecule has 1 heterocycles. The Labute approximate surface area is 153 Å². The van der Waals surface area contributed by atoms with E-state index in [4.69, 9.17) is 11.0 Å². The number of aromatic nitrogens is 1. The molecule has 1 atom stereocenters. The van der Waals surface area contributed by atoms with Crippen LogP contribution < -0.4 is 14.6 Å². The Morgan fingerprint density at radius 3 is 2.91 bits per heavy atom. The fraction of sp³-hybridized carbons (Fsp3) is 0.400. The maximum Gasteiger partial charge on any atom is 0.242 e. The molecule has 8 heteroatoms. The number of carbonyl (C=O) groups excluding carboxylic acids is 1. The molecular formula is C15H18IN5OS. The Kier molecular flexibility index (Phi) is 5.91. The van der Waals surface area contributed by atoms with Crippen molar-refractivity contribution in [1.29, 1.82) is 5.26 Å². The van der Waals surface area contributed by atoms with Gasteiger partial charge in [-0.25, -0.2) is 8.51 Å². The Morgan fingerprint density at radius 2 is 2.30 bits per heavy atom. The molecule has 2 rings (SSSR count). The first-order chi connectivity index (χ1) is 10.9. The molecule has 0 radical (unpaired) electrons. The van der Waals surface area contributed by atoms with Crippen LogP contribution in [-0.2, 0) is 4.79 Å². The lowest BCUT2D eigenvalue weighted by Crippen LogP contribution is -2.41. The summed E-state index contributed by atoms with van der Waals surface area (Å²) in [6, 6.07) is 7.13. The lowest BCUT2D eigenvalue weighted by molar-refractivity contribution is -0.118. The highest BCUT2D eigenvalue weighted by Gasteiger charge is 2.26.